The normalized spacial score (nSPS) is 10.7. The molecule has 0 aliphatic rings. The van der Waals surface area contributed by atoms with Crippen LogP contribution in [0.5, 0.6) is 0 Å². The van der Waals surface area contributed by atoms with Gasteiger partial charge in [-0.15, -0.1) is 0 Å². The highest BCUT2D eigenvalue weighted by atomic mass is 14.6. The molecule has 0 spiro atoms. The summed E-state index contributed by atoms with van der Waals surface area (Å²) in [5.74, 6) is 0. The van der Waals surface area contributed by atoms with Crippen molar-refractivity contribution in [2.75, 3.05) is 0 Å². The summed E-state index contributed by atoms with van der Waals surface area (Å²) in [5, 5.41) is 6.28. The summed E-state index contributed by atoms with van der Waals surface area (Å²) in [6.45, 7) is 0. The third-order valence-corrected chi connectivity index (χ3v) is 3.43. The highest BCUT2D eigenvalue weighted by molar-refractivity contribution is 6.03. The van der Waals surface area contributed by atoms with Crippen LogP contribution in [0.15, 0.2) is 66.9 Å². The Hall–Kier alpha value is -2.35. The summed E-state index contributed by atoms with van der Waals surface area (Å²) in [7, 11) is 0. The van der Waals surface area contributed by atoms with Gasteiger partial charge in [0.25, 0.3) is 0 Å². The highest BCUT2D eigenvalue weighted by Crippen LogP contribution is 2.26. The standard InChI is InChI=1S/C17H11N.B/c1-2-5-13-9-16-11-17-14(6-3-7-18-17)10-15(16)8-12(13)4-1;/h1-11H;. The fourth-order valence-corrected chi connectivity index (χ4v) is 2.51. The fourth-order valence-electron chi connectivity index (χ4n) is 2.51. The van der Waals surface area contributed by atoms with Crippen LogP contribution in [0.25, 0.3) is 32.4 Å². The van der Waals surface area contributed by atoms with E-state index in [4.69, 9.17) is 0 Å². The van der Waals surface area contributed by atoms with Gasteiger partial charge in [-0.25, -0.2) is 0 Å². The van der Waals surface area contributed by atoms with Gasteiger partial charge in [-0.05, 0) is 51.9 Å². The van der Waals surface area contributed by atoms with E-state index in [1.807, 2.05) is 12.3 Å². The number of hydrogen-bond donors (Lipinski definition) is 0. The third kappa shape index (κ3) is 1.86. The van der Waals surface area contributed by atoms with Gasteiger partial charge in [-0.3, -0.25) is 4.98 Å². The molecule has 1 aromatic heterocycles. The van der Waals surface area contributed by atoms with Crippen LogP contribution in [-0.2, 0) is 0 Å². The Morgan fingerprint density at radius 1 is 0.579 bits per heavy atom. The van der Waals surface area contributed by atoms with Crippen molar-refractivity contribution in [3.8, 4) is 0 Å². The van der Waals surface area contributed by atoms with Crippen molar-refractivity contribution in [2.45, 2.75) is 0 Å². The lowest BCUT2D eigenvalue weighted by Crippen LogP contribution is -1.80. The van der Waals surface area contributed by atoms with E-state index in [1.54, 1.807) is 0 Å². The maximum absolute atomic E-state index is 4.41. The predicted molar refractivity (Wildman–Crippen MR) is 82.5 cm³/mol. The lowest BCUT2D eigenvalue weighted by Gasteiger charge is -2.04. The summed E-state index contributed by atoms with van der Waals surface area (Å²) in [6.07, 6.45) is 1.84. The molecule has 0 fully saturated rings. The van der Waals surface area contributed by atoms with Crippen molar-refractivity contribution in [3.05, 3.63) is 66.9 Å². The van der Waals surface area contributed by atoms with E-state index in [1.165, 1.54) is 26.9 Å². The molecule has 3 aromatic carbocycles. The molecule has 1 heterocycles. The number of benzene rings is 3. The minimum Gasteiger partial charge on any atom is -0.256 e. The van der Waals surface area contributed by atoms with E-state index in [0.29, 0.717) is 0 Å². The van der Waals surface area contributed by atoms with E-state index < -0.39 is 0 Å². The topological polar surface area (TPSA) is 12.9 Å². The van der Waals surface area contributed by atoms with Gasteiger partial charge < -0.3 is 0 Å². The zero-order chi connectivity index (χ0) is 11.9. The molecular formula is C17H11BN. The van der Waals surface area contributed by atoms with E-state index >= 15 is 0 Å². The number of fused-ring (bicyclic) bond motifs is 3. The van der Waals surface area contributed by atoms with E-state index in [2.05, 4.69) is 59.6 Å². The molecule has 0 aliphatic heterocycles. The molecule has 0 unspecified atom stereocenters. The average molecular weight is 240 g/mol. The lowest BCUT2D eigenvalue weighted by molar-refractivity contribution is 1.42. The second kappa shape index (κ2) is 4.40. The fraction of sp³-hybridized carbons (Fsp3) is 0. The Kier molecular flexibility index (Phi) is 2.71. The zero-order valence-corrected chi connectivity index (χ0v) is 10.4. The van der Waals surface area contributed by atoms with E-state index in [0.717, 1.165) is 5.52 Å². The molecule has 0 N–H and O–H groups in total. The first kappa shape index (κ1) is 11.7. The van der Waals surface area contributed by atoms with Crippen molar-refractivity contribution < 1.29 is 0 Å². The third-order valence-electron chi connectivity index (χ3n) is 3.43. The molecule has 4 aromatic rings. The van der Waals surface area contributed by atoms with Crippen LogP contribution in [-0.4, -0.2) is 13.4 Å². The monoisotopic (exact) mass is 240 g/mol. The summed E-state index contributed by atoms with van der Waals surface area (Å²) in [6, 6.07) is 21.4. The minimum atomic E-state index is 0. The van der Waals surface area contributed by atoms with Gasteiger partial charge in [-0.2, -0.15) is 0 Å². The number of hydrogen-bond acceptors (Lipinski definition) is 1. The quantitative estimate of drug-likeness (QED) is 0.332. The number of aromatic nitrogens is 1. The first-order valence-corrected chi connectivity index (χ1v) is 6.07. The van der Waals surface area contributed by atoms with Gasteiger partial charge in [-0.1, -0.05) is 30.3 Å². The Bertz CT molecular complexity index is 739. The van der Waals surface area contributed by atoms with Gasteiger partial charge in [0, 0.05) is 20.0 Å². The molecule has 2 heteroatoms. The number of rotatable bonds is 0. The summed E-state index contributed by atoms with van der Waals surface area (Å²) in [5.41, 5.74) is 1.06. The Balaban J connectivity index is 0.00000110. The predicted octanol–water partition coefficient (Wildman–Crippen LogP) is 4.16. The average Bonchev–Trinajstić information content (AvgIpc) is 2.42. The Morgan fingerprint density at radius 2 is 1.16 bits per heavy atom. The second-order valence-corrected chi connectivity index (χ2v) is 4.59. The van der Waals surface area contributed by atoms with Crippen LogP contribution in [0, 0.1) is 0 Å². The van der Waals surface area contributed by atoms with Crippen molar-refractivity contribution in [1.29, 1.82) is 0 Å². The van der Waals surface area contributed by atoms with Crippen LogP contribution in [0.4, 0.5) is 0 Å². The number of nitrogens with zero attached hydrogens (tertiary/aromatic N) is 1. The maximum atomic E-state index is 4.41. The highest BCUT2D eigenvalue weighted by Gasteiger charge is 2.00. The summed E-state index contributed by atoms with van der Waals surface area (Å²) >= 11 is 0. The molecule has 19 heavy (non-hydrogen) atoms. The smallest absolute Gasteiger partial charge is 0.0708 e. The molecule has 0 amide bonds. The van der Waals surface area contributed by atoms with Crippen molar-refractivity contribution >= 4 is 40.9 Å². The van der Waals surface area contributed by atoms with E-state index in [9.17, 15) is 0 Å². The minimum absolute atomic E-state index is 0. The first-order valence-electron chi connectivity index (χ1n) is 6.07. The van der Waals surface area contributed by atoms with Crippen LogP contribution in [0.2, 0.25) is 0 Å². The molecule has 0 atom stereocenters. The lowest BCUT2D eigenvalue weighted by atomic mass is 10.0. The van der Waals surface area contributed by atoms with Gasteiger partial charge in [0.05, 0.1) is 5.52 Å². The largest absolute Gasteiger partial charge is 0.256 e. The first-order chi connectivity index (χ1) is 8.90. The molecular weight excluding hydrogens is 229 g/mol. The van der Waals surface area contributed by atoms with Crippen LogP contribution in [0.3, 0.4) is 0 Å². The van der Waals surface area contributed by atoms with Gasteiger partial charge in [0.15, 0.2) is 0 Å². The van der Waals surface area contributed by atoms with Gasteiger partial charge >= 0.3 is 0 Å². The molecule has 4 rings (SSSR count). The molecule has 3 radical (unpaired) electrons. The SMILES string of the molecule is [B].c1ccc2cc3cc4ncccc4cc3cc2c1. The zero-order valence-electron chi connectivity index (χ0n) is 10.4. The Labute approximate surface area is 113 Å². The molecule has 0 saturated carbocycles. The molecule has 0 aliphatic carbocycles. The van der Waals surface area contributed by atoms with Crippen LogP contribution in [0.1, 0.15) is 0 Å². The van der Waals surface area contributed by atoms with Crippen LogP contribution >= 0.6 is 0 Å². The molecule has 0 saturated heterocycles. The van der Waals surface area contributed by atoms with Crippen molar-refractivity contribution in [3.63, 3.8) is 0 Å². The van der Waals surface area contributed by atoms with Crippen LogP contribution < -0.4 is 0 Å². The maximum Gasteiger partial charge on any atom is 0.0708 e. The molecule has 87 valence electrons. The van der Waals surface area contributed by atoms with Gasteiger partial charge in [0.2, 0.25) is 0 Å². The molecule has 1 nitrogen and oxygen atoms in total. The van der Waals surface area contributed by atoms with E-state index in [-0.39, 0.29) is 8.41 Å². The number of pyridine rings is 1. The second-order valence-electron chi connectivity index (χ2n) is 4.59. The Morgan fingerprint density at radius 3 is 1.89 bits per heavy atom. The summed E-state index contributed by atoms with van der Waals surface area (Å²) in [4.78, 5) is 4.41. The van der Waals surface area contributed by atoms with Gasteiger partial charge in [0.1, 0.15) is 0 Å². The summed E-state index contributed by atoms with van der Waals surface area (Å²) < 4.78 is 0. The van der Waals surface area contributed by atoms with Crippen molar-refractivity contribution in [2.24, 2.45) is 0 Å². The molecule has 0 bridgehead atoms. The van der Waals surface area contributed by atoms with Crippen molar-refractivity contribution in [1.82, 2.24) is 4.98 Å².